The number of nitrogens with zero attached hydrogens (tertiary/aromatic N) is 2. The molecule has 0 saturated heterocycles. The second-order valence-electron chi connectivity index (χ2n) is 5.65. The lowest BCUT2D eigenvalue weighted by molar-refractivity contribution is -0.384. The zero-order valence-corrected chi connectivity index (χ0v) is 15.2. The Morgan fingerprint density at radius 3 is 2.46 bits per heavy atom. The summed E-state index contributed by atoms with van der Waals surface area (Å²) in [4.78, 5) is 12.4. The van der Waals surface area contributed by atoms with Gasteiger partial charge in [-0.1, -0.05) is 11.6 Å². The Labute approximate surface area is 155 Å². The third-order valence-corrected chi connectivity index (χ3v) is 4.38. The molecule has 1 heterocycles. The smallest absolute Gasteiger partial charge is 0.288 e. The normalized spacial score (nSPS) is 12.9. The van der Waals surface area contributed by atoms with Crippen LogP contribution in [0, 0.1) is 10.1 Å². The Kier molecular flexibility index (Phi) is 4.90. The monoisotopic (exact) mass is 376 g/mol. The number of benzene rings is 2. The number of halogens is 1. The van der Waals surface area contributed by atoms with Crippen molar-refractivity contribution in [2.45, 2.75) is 0 Å². The van der Waals surface area contributed by atoms with Crippen molar-refractivity contribution in [2.75, 3.05) is 32.7 Å². The predicted molar refractivity (Wildman–Crippen MR) is 99.5 cm³/mol. The van der Waals surface area contributed by atoms with Crippen molar-refractivity contribution in [1.29, 1.82) is 0 Å². The van der Waals surface area contributed by atoms with E-state index in [4.69, 9.17) is 25.8 Å². The first-order valence-corrected chi connectivity index (χ1v) is 8.12. The minimum absolute atomic E-state index is 0.0218. The van der Waals surface area contributed by atoms with E-state index in [0.717, 1.165) is 11.3 Å². The average Bonchev–Trinajstić information content (AvgIpc) is 2.62. The molecule has 0 radical (unpaired) electrons. The first-order chi connectivity index (χ1) is 12.4. The van der Waals surface area contributed by atoms with Crippen LogP contribution in [0.2, 0.25) is 5.02 Å². The summed E-state index contributed by atoms with van der Waals surface area (Å²) in [7, 11) is 5.11. The summed E-state index contributed by atoms with van der Waals surface area (Å²) in [5.74, 6) is 2.23. The maximum Gasteiger partial charge on any atom is 0.288 e. The van der Waals surface area contributed by atoms with Crippen LogP contribution in [-0.4, -0.2) is 32.7 Å². The molecular weight excluding hydrogens is 360 g/mol. The van der Waals surface area contributed by atoms with Crippen LogP contribution >= 0.6 is 11.6 Å². The van der Waals surface area contributed by atoms with Crippen molar-refractivity contribution in [1.82, 2.24) is 0 Å². The van der Waals surface area contributed by atoms with Gasteiger partial charge in [-0.3, -0.25) is 10.1 Å². The molecule has 0 amide bonds. The lowest BCUT2D eigenvalue weighted by Gasteiger charge is -2.28. The molecule has 2 aromatic rings. The molecule has 0 aliphatic carbocycles. The van der Waals surface area contributed by atoms with E-state index in [9.17, 15) is 10.1 Å². The quantitative estimate of drug-likeness (QED) is 0.577. The average molecular weight is 377 g/mol. The molecule has 0 spiro atoms. The predicted octanol–water partition coefficient (Wildman–Crippen LogP) is 4.14. The van der Waals surface area contributed by atoms with Crippen molar-refractivity contribution >= 4 is 28.7 Å². The molecule has 7 nitrogen and oxygen atoms in total. The Balaban J connectivity index is 1.98. The molecule has 0 atom stereocenters. The van der Waals surface area contributed by atoms with Gasteiger partial charge < -0.3 is 19.1 Å². The van der Waals surface area contributed by atoms with Gasteiger partial charge in [0.2, 0.25) is 0 Å². The number of ether oxygens (including phenoxy) is 3. The molecule has 0 N–H and O–H groups in total. The van der Waals surface area contributed by atoms with Crippen molar-refractivity contribution in [2.24, 2.45) is 0 Å². The van der Waals surface area contributed by atoms with Gasteiger partial charge in [-0.2, -0.15) is 0 Å². The molecule has 8 heteroatoms. The Morgan fingerprint density at radius 1 is 1.15 bits per heavy atom. The Morgan fingerprint density at radius 2 is 1.85 bits per heavy atom. The van der Waals surface area contributed by atoms with E-state index < -0.39 is 4.92 Å². The summed E-state index contributed by atoms with van der Waals surface area (Å²) in [6.07, 6.45) is 1.92. The molecule has 26 heavy (non-hydrogen) atoms. The summed E-state index contributed by atoms with van der Waals surface area (Å²) in [5.41, 5.74) is 1.59. The summed E-state index contributed by atoms with van der Waals surface area (Å²) in [5, 5.41) is 10.9. The first-order valence-electron chi connectivity index (χ1n) is 7.74. The highest BCUT2D eigenvalue weighted by Gasteiger charge is 2.22. The van der Waals surface area contributed by atoms with Crippen LogP contribution in [0.5, 0.6) is 17.2 Å². The van der Waals surface area contributed by atoms with E-state index in [1.54, 1.807) is 14.2 Å². The van der Waals surface area contributed by atoms with Gasteiger partial charge in [0.1, 0.15) is 16.5 Å². The number of rotatable bonds is 5. The fourth-order valence-corrected chi connectivity index (χ4v) is 2.97. The lowest BCUT2D eigenvalue weighted by Crippen LogP contribution is -2.23. The van der Waals surface area contributed by atoms with Crippen LogP contribution in [0.15, 0.2) is 36.4 Å². The van der Waals surface area contributed by atoms with E-state index in [-0.39, 0.29) is 10.7 Å². The Bertz CT molecular complexity index is 897. The number of methoxy groups -OCH3 is 2. The molecule has 0 unspecified atom stereocenters. The summed E-state index contributed by atoms with van der Waals surface area (Å²) in [6, 6.07) is 7.99. The van der Waals surface area contributed by atoms with Gasteiger partial charge in [0, 0.05) is 37.4 Å². The number of nitro groups is 1. The molecule has 0 fully saturated rings. The highest BCUT2D eigenvalue weighted by Crippen LogP contribution is 2.41. The van der Waals surface area contributed by atoms with E-state index in [1.165, 1.54) is 18.2 Å². The van der Waals surface area contributed by atoms with Crippen LogP contribution in [0.25, 0.3) is 5.76 Å². The summed E-state index contributed by atoms with van der Waals surface area (Å²) >= 11 is 5.97. The summed E-state index contributed by atoms with van der Waals surface area (Å²) in [6.45, 7) is 0.637. The van der Waals surface area contributed by atoms with Crippen molar-refractivity contribution < 1.29 is 19.1 Å². The van der Waals surface area contributed by atoms with Crippen molar-refractivity contribution in [3.05, 3.63) is 57.1 Å². The van der Waals surface area contributed by atoms with Crippen LogP contribution in [0.1, 0.15) is 5.56 Å². The van der Waals surface area contributed by atoms with Crippen molar-refractivity contribution in [3.8, 4) is 17.2 Å². The molecule has 0 saturated carbocycles. The number of hydrogen-bond donors (Lipinski definition) is 0. The number of nitro benzene ring substituents is 1. The van der Waals surface area contributed by atoms with E-state index >= 15 is 0 Å². The molecule has 136 valence electrons. The van der Waals surface area contributed by atoms with Crippen LogP contribution < -0.4 is 19.1 Å². The molecule has 0 bridgehead atoms. The van der Waals surface area contributed by atoms with E-state index in [1.807, 2.05) is 30.2 Å². The molecule has 1 aliphatic rings. The minimum Gasteiger partial charge on any atom is -0.493 e. The maximum absolute atomic E-state index is 10.9. The fourth-order valence-electron chi connectivity index (χ4n) is 2.73. The molecule has 3 rings (SSSR count). The fraction of sp³-hybridized carbons (Fsp3) is 0.222. The third kappa shape index (κ3) is 3.25. The number of fused-ring (bicyclic) bond motifs is 1. The Hall–Kier alpha value is -2.93. The van der Waals surface area contributed by atoms with Gasteiger partial charge in [-0.15, -0.1) is 0 Å². The van der Waals surface area contributed by atoms with E-state index in [2.05, 4.69) is 0 Å². The second kappa shape index (κ2) is 7.13. The van der Waals surface area contributed by atoms with Gasteiger partial charge >= 0.3 is 0 Å². The van der Waals surface area contributed by atoms with Gasteiger partial charge in [0.05, 0.1) is 24.8 Å². The van der Waals surface area contributed by atoms with Gasteiger partial charge in [-0.25, -0.2) is 0 Å². The number of anilines is 1. The highest BCUT2D eigenvalue weighted by atomic mass is 35.5. The van der Waals surface area contributed by atoms with Crippen LogP contribution in [0.4, 0.5) is 11.4 Å². The maximum atomic E-state index is 10.9. The van der Waals surface area contributed by atoms with Gasteiger partial charge in [-0.05, 0) is 18.2 Å². The van der Waals surface area contributed by atoms with Gasteiger partial charge in [0.15, 0.2) is 11.5 Å². The molecular formula is C18H17ClN2O5. The summed E-state index contributed by atoms with van der Waals surface area (Å²) < 4.78 is 16.7. The topological polar surface area (TPSA) is 74.1 Å². The minimum atomic E-state index is -0.534. The zero-order chi connectivity index (χ0) is 18.8. The molecule has 2 aromatic carbocycles. The van der Waals surface area contributed by atoms with Gasteiger partial charge in [0.25, 0.3) is 5.69 Å². The SMILES string of the molecule is COc1cc2c(cc1OC)N(C)CC=C2Oc1ccc([N+](=O)[O-])c(Cl)c1. The molecule has 1 aliphatic heterocycles. The number of hydrogen-bond acceptors (Lipinski definition) is 6. The van der Waals surface area contributed by atoms with E-state index in [0.29, 0.717) is 29.6 Å². The lowest BCUT2D eigenvalue weighted by atomic mass is 10.0. The number of likely N-dealkylation sites (N-methyl/N-ethyl adjacent to an activating group) is 1. The third-order valence-electron chi connectivity index (χ3n) is 4.07. The van der Waals surface area contributed by atoms with Crippen LogP contribution in [0.3, 0.4) is 0 Å². The largest absolute Gasteiger partial charge is 0.493 e. The zero-order valence-electron chi connectivity index (χ0n) is 14.5. The first kappa shape index (κ1) is 17.9. The highest BCUT2D eigenvalue weighted by molar-refractivity contribution is 6.32. The second-order valence-corrected chi connectivity index (χ2v) is 6.05. The van der Waals surface area contributed by atoms with Crippen LogP contribution in [-0.2, 0) is 0 Å². The standard InChI is InChI=1S/C18H17ClN2O5/c1-20-7-6-16(12-9-17(24-2)18(25-3)10-15(12)20)26-11-4-5-14(21(22)23)13(19)8-11/h4-6,8-10H,7H2,1-3H3. The van der Waals surface area contributed by atoms with Crippen molar-refractivity contribution in [3.63, 3.8) is 0 Å². The molecule has 0 aromatic heterocycles.